The van der Waals surface area contributed by atoms with Crippen LogP contribution in [0.5, 0.6) is 0 Å². The number of aliphatic carboxylic acids is 1. The van der Waals surface area contributed by atoms with Crippen LogP contribution in [0.3, 0.4) is 0 Å². The number of nitrogens with zero attached hydrogens (tertiary/aromatic N) is 1. The number of thioether (sulfide) groups is 1. The highest BCUT2D eigenvalue weighted by Gasteiger charge is 2.39. The maximum Gasteiger partial charge on any atom is 0.326 e. The monoisotopic (exact) mass is 431 g/mol. The standard InChI is InChI=1S/C17H29N5O6S/c1-9(18)14(24)20-10(5-7-29-2)16(26)22-6-3-4-12(22)15(25)21-11(17(27)28)8-13(19)23/h9-12H,3-8,18H2,1-2H3,(H2,19,23)(H,20,24)(H,21,25)(H,27,28). The number of nitrogens with one attached hydrogen (secondary N) is 2. The largest absolute Gasteiger partial charge is 0.480 e. The number of hydrogen-bond donors (Lipinski definition) is 5. The zero-order chi connectivity index (χ0) is 22.1. The van der Waals surface area contributed by atoms with Gasteiger partial charge in [0.15, 0.2) is 0 Å². The van der Waals surface area contributed by atoms with Crippen LogP contribution < -0.4 is 22.1 Å². The number of carbonyl (C=O) groups excluding carboxylic acids is 4. The third-order valence-corrected chi connectivity index (χ3v) is 5.14. The molecule has 12 heteroatoms. The minimum Gasteiger partial charge on any atom is -0.480 e. The van der Waals surface area contributed by atoms with Crippen LogP contribution in [0.2, 0.25) is 0 Å². The molecule has 0 aromatic carbocycles. The van der Waals surface area contributed by atoms with Crippen molar-refractivity contribution in [2.24, 2.45) is 11.5 Å². The van der Waals surface area contributed by atoms with E-state index in [9.17, 15) is 24.0 Å². The van der Waals surface area contributed by atoms with Crippen molar-refractivity contribution in [3.63, 3.8) is 0 Å². The fourth-order valence-electron chi connectivity index (χ4n) is 2.97. The molecule has 1 saturated heterocycles. The molecule has 1 aliphatic heterocycles. The predicted molar refractivity (Wildman–Crippen MR) is 107 cm³/mol. The molecule has 4 amide bonds. The van der Waals surface area contributed by atoms with E-state index in [1.165, 1.54) is 23.6 Å². The summed E-state index contributed by atoms with van der Waals surface area (Å²) in [5, 5.41) is 14.0. The Balaban J connectivity index is 2.91. The van der Waals surface area contributed by atoms with E-state index in [0.29, 0.717) is 31.6 Å². The third-order valence-electron chi connectivity index (χ3n) is 4.50. The molecule has 0 aliphatic carbocycles. The molecule has 0 saturated carbocycles. The van der Waals surface area contributed by atoms with Gasteiger partial charge in [0.1, 0.15) is 18.1 Å². The van der Waals surface area contributed by atoms with Crippen LogP contribution >= 0.6 is 11.8 Å². The molecule has 4 unspecified atom stereocenters. The molecule has 4 atom stereocenters. The average molecular weight is 432 g/mol. The van der Waals surface area contributed by atoms with Crippen LogP contribution in [0.25, 0.3) is 0 Å². The molecule has 164 valence electrons. The summed E-state index contributed by atoms with van der Waals surface area (Å²) in [6.45, 7) is 1.80. The zero-order valence-corrected chi connectivity index (χ0v) is 17.4. The van der Waals surface area contributed by atoms with Crippen molar-refractivity contribution in [3.8, 4) is 0 Å². The molecule has 1 heterocycles. The van der Waals surface area contributed by atoms with Crippen LogP contribution in [0.1, 0.15) is 32.6 Å². The van der Waals surface area contributed by atoms with Crippen LogP contribution in [0, 0.1) is 0 Å². The molecule has 0 radical (unpaired) electrons. The van der Waals surface area contributed by atoms with Crippen molar-refractivity contribution in [2.75, 3.05) is 18.6 Å². The van der Waals surface area contributed by atoms with E-state index < -0.39 is 60.2 Å². The number of hydrogen-bond acceptors (Lipinski definition) is 7. The lowest BCUT2D eigenvalue weighted by Gasteiger charge is -2.29. The van der Waals surface area contributed by atoms with Gasteiger partial charge in [-0.2, -0.15) is 11.8 Å². The first-order chi connectivity index (χ1) is 13.6. The molecule has 0 bridgehead atoms. The number of primary amides is 1. The molecule has 0 spiro atoms. The second kappa shape index (κ2) is 11.6. The molecule has 11 nitrogen and oxygen atoms in total. The first-order valence-corrected chi connectivity index (χ1v) is 10.6. The van der Waals surface area contributed by atoms with E-state index in [1.807, 2.05) is 6.26 Å². The van der Waals surface area contributed by atoms with Crippen molar-refractivity contribution >= 4 is 41.4 Å². The highest BCUT2D eigenvalue weighted by atomic mass is 32.2. The molecule has 1 fully saturated rings. The summed E-state index contributed by atoms with van der Waals surface area (Å²) >= 11 is 1.51. The SMILES string of the molecule is CSCCC(NC(=O)C(C)N)C(=O)N1CCCC1C(=O)NC(CC(N)=O)C(=O)O. The van der Waals surface area contributed by atoms with Gasteiger partial charge in [-0.25, -0.2) is 4.79 Å². The second-order valence-corrected chi connectivity index (χ2v) is 7.88. The molecular formula is C17H29N5O6S. The van der Waals surface area contributed by atoms with Gasteiger partial charge in [-0.05, 0) is 38.2 Å². The van der Waals surface area contributed by atoms with E-state index in [1.54, 1.807) is 0 Å². The fourth-order valence-corrected chi connectivity index (χ4v) is 3.44. The highest BCUT2D eigenvalue weighted by molar-refractivity contribution is 7.98. The Hall–Kier alpha value is -2.34. The molecule has 29 heavy (non-hydrogen) atoms. The summed E-state index contributed by atoms with van der Waals surface area (Å²) in [4.78, 5) is 61.2. The lowest BCUT2D eigenvalue weighted by atomic mass is 10.1. The van der Waals surface area contributed by atoms with Gasteiger partial charge in [-0.1, -0.05) is 0 Å². The van der Waals surface area contributed by atoms with E-state index in [0.717, 1.165) is 0 Å². The maximum absolute atomic E-state index is 13.0. The molecular weight excluding hydrogens is 402 g/mol. The Morgan fingerprint density at radius 2 is 1.86 bits per heavy atom. The van der Waals surface area contributed by atoms with Crippen LogP contribution in [-0.4, -0.2) is 82.3 Å². The Morgan fingerprint density at radius 3 is 2.38 bits per heavy atom. The number of carbonyl (C=O) groups is 5. The summed E-state index contributed by atoms with van der Waals surface area (Å²) in [5.74, 6) is -3.22. The van der Waals surface area contributed by atoms with Gasteiger partial charge in [0.25, 0.3) is 0 Å². The van der Waals surface area contributed by atoms with Crippen LogP contribution in [0.4, 0.5) is 0 Å². The summed E-state index contributed by atoms with van der Waals surface area (Å²) in [6.07, 6.45) is 2.57. The van der Waals surface area contributed by atoms with Crippen molar-refractivity contribution in [3.05, 3.63) is 0 Å². The Morgan fingerprint density at radius 1 is 1.21 bits per heavy atom. The summed E-state index contributed by atoms with van der Waals surface area (Å²) in [6, 6.07) is -3.98. The van der Waals surface area contributed by atoms with Crippen LogP contribution in [-0.2, 0) is 24.0 Å². The Bertz CT molecular complexity index is 644. The smallest absolute Gasteiger partial charge is 0.326 e. The van der Waals surface area contributed by atoms with Crippen molar-refractivity contribution in [1.82, 2.24) is 15.5 Å². The zero-order valence-electron chi connectivity index (χ0n) is 16.6. The van der Waals surface area contributed by atoms with Gasteiger partial charge in [0.05, 0.1) is 12.5 Å². The second-order valence-electron chi connectivity index (χ2n) is 6.89. The van der Waals surface area contributed by atoms with Gasteiger partial charge in [0.2, 0.25) is 23.6 Å². The lowest BCUT2D eigenvalue weighted by molar-refractivity contribution is -0.145. The van der Waals surface area contributed by atoms with Crippen molar-refractivity contribution in [2.45, 2.75) is 56.8 Å². The molecule has 7 N–H and O–H groups in total. The summed E-state index contributed by atoms with van der Waals surface area (Å²) in [5.41, 5.74) is 10.6. The van der Waals surface area contributed by atoms with Crippen LogP contribution in [0.15, 0.2) is 0 Å². The minimum absolute atomic E-state index is 0.300. The first kappa shape index (κ1) is 24.7. The number of rotatable bonds is 11. The lowest BCUT2D eigenvalue weighted by Crippen LogP contribution is -2.56. The number of carboxylic acids is 1. The van der Waals surface area contributed by atoms with Gasteiger partial charge < -0.3 is 32.1 Å². The van der Waals surface area contributed by atoms with Gasteiger partial charge in [-0.15, -0.1) is 0 Å². The number of carboxylic acid groups (broad SMARTS) is 1. The van der Waals surface area contributed by atoms with Gasteiger partial charge >= 0.3 is 5.97 Å². The molecule has 0 aromatic rings. The quantitative estimate of drug-likeness (QED) is 0.249. The minimum atomic E-state index is -1.47. The van der Waals surface area contributed by atoms with E-state index in [2.05, 4.69) is 10.6 Å². The highest BCUT2D eigenvalue weighted by Crippen LogP contribution is 2.20. The first-order valence-electron chi connectivity index (χ1n) is 9.25. The Labute approximate surface area is 173 Å². The van der Waals surface area contributed by atoms with Gasteiger partial charge in [-0.3, -0.25) is 19.2 Å². The van der Waals surface area contributed by atoms with E-state index in [-0.39, 0.29) is 0 Å². The van der Waals surface area contributed by atoms with Crippen molar-refractivity contribution < 1.29 is 29.1 Å². The number of likely N-dealkylation sites (tertiary alicyclic amines) is 1. The van der Waals surface area contributed by atoms with E-state index >= 15 is 0 Å². The third kappa shape index (κ3) is 7.54. The predicted octanol–water partition coefficient (Wildman–Crippen LogP) is -1.99. The average Bonchev–Trinajstić information content (AvgIpc) is 3.13. The van der Waals surface area contributed by atoms with E-state index in [4.69, 9.17) is 16.6 Å². The van der Waals surface area contributed by atoms with Gasteiger partial charge in [0, 0.05) is 6.54 Å². The molecule has 1 aliphatic rings. The molecule has 0 aromatic heterocycles. The normalized spacial score (nSPS) is 19.1. The molecule has 1 rings (SSSR count). The number of amides is 4. The summed E-state index contributed by atoms with van der Waals surface area (Å²) < 4.78 is 0. The fraction of sp³-hybridized carbons (Fsp3) is 0.706. The Kier molecular flexibility index (Phi) is 9.89. The summed E-state index contributed by atoms with van der Waals surface area (Å²) in [7, 11) is 0. The number of nitrogens with two attached hydrogens (primary N) is 2. The maximum atomic E-state index is 13.0. The van der Waals surface area contributed by atoms with Crippen molar-refractivity contribution in [1.29, 1.82) is 0 Å². The topological polar surface area (TPSA) is 185 Å².